The van der Waals surface area contributed by atoms with E-state index in [9.17, 15) is 14.4 Å². The maximum atomic E-state index is 12.1. The van der Waals surface area contributed by atoms with Crippen molar-refractivity contribution in [1.29, 1.82) is 0 Å². The Morgan fingerprint density at radius 1 is 1.20 bits per heavy atom. The van der Waals surface area contributed by atoms with Crippen molar-refractivity contribution in [2.45, 2.75) is 25.4 Å². The summed E-state index contributed by atoms with van der Waals surface area (Å²) in [4.78, 5) is 34.0. The second-order valence-corrected chi connectivity index (χ2v) is 4.16. The van der Waals surface area contributed by atoms with Gasteiger partial charge in [0.05, 0.1) is 0 Å². The number of hydrogen-bond donors (Lipinski definition) is 4. The number of carbonyl (C=O) groups excluding carboxylic acids is 2. The van der Waals surface area contributed by atoms with Crippen molar-refractivity contribution in [3.05, 3.63) is 35.9 Å². The zero-order valence-corrected chi connectivity index (χ0v) is 11.0. The summed E-state index contributed by atoms with van der Waals surface area (Å²) in [5.41, 5.74) is 5.56. The van der Waals surface area contributed by atoms with Crippen LogP contribution < -0.4 is 16.4 Å². The van der Waals surface area contributed by atoms with Gasteiger partial charge in [-0.05, 0) is 12.0 Å². The van der Waals surface area contributed by atoms with Crippen molar-refractivity contribution in [3.63, 3.8) is 0 Å². The van der Waals surface area contributed by atoms with Gasteiger partial charge in [0.25, 0.3) is 0 Å². The van der Waals surface area contributed by atoms with E-state index in [0.717, 1.165) is 0 Å². The lowest BCUT2D eigenvalue weighted by Gasteiger charge is -2.20. The van der Waals surface area contributed by atoms with Crippen molar-refractivity contribution in [3.8, 4) is 0 Å². The van der Waals surface area contributed by atoms with Crippen molar-refractivity contribution in [2.24, 2.45) is 5.73 Å². The number of nitrogens with two attached hydrogens (primary N) is 1. The van der Waals surface area contributed by atoms with Gasteiger partial charge < -0.3 is 21.5 Å². The fourth-order valence-corrected chi connectivity index (χ4v) is 1.68. The van der Waals surface area contributed by atoms with Crippen LogP contribution in [0.3, 0.4) is 0 Å². The molecule has 5 N–H and O–H groups in total. The number of nitrogens with one attached hydrogen (secondary N) is 2. The number of carboxylic acid groups (broad SMARTS) is 1. The third kappa shape index (κ3) is 4.27. The fourth-order valence-electron chi connectivity index (χ4n) is 1.68. The Morgan fingerprint density at radius 2 is 1.80 bits per heavy atom. The summed E-state index contributed by atoms with van der Waals surface area (Å²) >= 11 is 0. The van der Waals surface area contributed by atoms with Crippen molar-refractivity contribution < 1.29 is 19.5 Å². The largest absolute Gasteiger partial charge is 0.480 e. The van der Waals surface area contributed by atoms with Gasteiger partial charge in [0.2, 0.25) is 5.91 Å². The molecule has 0 aliphatic carbocycles. The van der Waals surface area contributed by atoms with E-state index in [1.165, 1.54) is 0 Å². The molecule has 0 saturated carbocycles. The third-order valence-corrected chi connectivity index (χ3v) is 2.70. The van der Waals surface area contributed by atoms with Crippen LogP contribution in [0.4, 0.5) is 4.79 Å². The number of aliphatic carboxylic acids is 1. The predicted octanol–water partition coefficient (Wildman–Crippen LogP) is 0.375. The quantitative estimate of drug-likeness (QED) is 0.601. The molecular weight excluding hydrogens is 262 g/mol. The van der Waals surface area contributed by atoms with Gasteiger partial charge in [-0.15, -0.1) is 0 Å². The molecule has 1 aromatic rings. The number of rotatable bonds is 6. The van der Waals surface area contributed by atoms with E-state index in [1.54, 1.807) is 37.3 Å². The molecule has 0 spiro atoms. The molecule has 1 rings (SSSR count). The van der Waals surface area contributed by atoms with Gasteiger partial charge in [-0.2, -0.15) is 0 Å². The van der Waals surface area contributed by atoms with Gasteiger partial charge >= 0.3 is 12.0 Å². The van der Waals surface area contributed by atoms with Crippen molar-refractivity contribution in [2.75, 3.05) is 0 Å². The van der Waals surface area contributed by atoms with Crippen LogP contribution >= 0.6 is 0 Å². The first-order valence-corrected chi connectivity index (χ1v) is 6.09. The van der Waals surface area contributed by atoms with E-state index >= 15 is 0 Å². The summed E-state index contributed by atoms with van der Waals surface area (Å²) in [7, 11) is 0. The second-order valence-electron chi connectivity index (χ2n) is 4.16. The number of carboxylic acids is 1. The number of urea groups is 1. The third-order valence-electron chi connectivity index (χ3n) is 2.70. The highest BCUT2D eigenvalue weighted by atomic mass is 16.4. The van der Waals surface area contributed by atoms with Gasteiger partial charge in [0.15, 0.2) is 0 Å². The minimum atomic E-state index is -1.13. The fraction of sp³-hybridized carbons (Fsp3) is 0.308. The minimum absolute atomic E-state index is 0.235. The molecule has 7 heteroatoms. The highest BCUT2D eigenvalue weighted by molar-refractivity contribution is 5.90. The van der Waals surface area contributed by atoms with Gasteiger partial charge in [-0.25, -0.2) is 9.59 Å². The first kappa shape index (κ1) is 15.5. The van der Waals surface area contributed by atoms with Crippen molar-refractivity contribution in [1.82, 2.24) is 10.6 Å². The molecule has 2 atom stereocenters. The number of hydrogen-bond acceptors (Lipinski definition) is 3. The van der Waals surface area contributed by atoms with Gasteiger partial charge in [0, 0.05) is 0 Å². The molecule has 3 amide bonds. The molecule has 0 aliphatic heterocycles. The second kappa shape index (κ2) is 7.13. The maximum absolute atomic E-state index is 12.1. The highest BCUT2D eigenvalue weighted by Gasteiger charge is 2.26. The Kier molecular flexibility index (Phi) is 5.52. The van der Waals surface area contributed by atoms with E-state index in [-0.39, 0.29) is 6.42 Å². The lowest BCUT2D eigenvalue weighted by Crippen LogP contribution is -2.48. The normalized spacial score (nSPS) is 13.1. The molecule has 108 valence electrons. The summed E-state index contributed by atoms with van der Waals surface area (Å²) in [5.74, 6) is -1.75. The molecule has 2 unspecified atom stereocenters. The summed E-state index contributed by atoms with van der Waals surface area (Å²) in [5, 5.41) is 13.6. The molecule has 1 aromatic carbocycles. The van der Waals surface area contributed by atoms with Crippen LogP contribution in [-0.4, -0.2) is 29.1 Å². The Hall–Kier alpha value is -2.57. The van der Waals surface area contributed by atoms with Gasteiger partial charge in [-0.1, -0.05) is 37.3 Å². The summed E-state index contributed by atoms with van der Waals surface area (Å²) in [6.45, 7) is 1.64. The highest BCUT2D eigenvalue weighted by Crippen LogP contribution is 2.13. The average Bonchev–Trinajstić information content (AvgIpc) is 2.42. The van der Waals surface area contributed by atoms with E-state index < -0.39 is 30.0 Å². The van der Waals surface area contributed by atoms with Crippen LogP contribution in [0.25, 0.3) is 0 Å². The topological polar surface area (TPSA) is 122 Å². The van der Waals surface area contributed by atoms with E-state index in [4.69, 9.17) is 10.8 Å². The molecule has 0 aliphatic rings. The number of primary amides is 1. The predicted molar refractivity (Wildman–Crippen MR) is 71.8 cm³/mol. The van der Waals surface area contributed by atoms with Gasteiger partial charge in [-0.3, -0.25) is 4.79 Å². The molecule has 0 heterocycles. The molecule has 0 saturated heterocycles. The Balaban J connectivity index is 2.91. The monoisotopic (exact) mass is 279 g/mol. The van der Waals surface area contributed by atoms with Gasteiger partial charge in [0.1, 0.15) is 12.1 Å². The van der Waals surface area contributed by atoms with Crippen LogP contribution in [0.15, 0.2) is 30.3 Å². The summed E-state index contributed by atoms with van der Waals surface area (Å²) < 4.78 is 0. The molecular formula is C13H17N3O4. The van der Waals surface area contributed by atoms with E-state index in [1.807, 2.05) is 0 Å². The SMILES string of the molecule is CCC(NC(=O)C(NC(N)=O)c1ccccc1)C(=O)O. The molecule has 0 radical (unpaired) electrons. The smallest absolute Gasteiger partial charge is 0.326 e. The Morgan fingerprint density at radius 3 is 2.25 bits per heavy atom. The first-order valence-electron chi connectivity index (χ1n) is 6.09. The molecule has 20 heavy (non-hydrogen) atoms. The Labute approximate surface area is 116 Å². The van der Waals surface area contributed by atoms with E-state index in [2.05, 4.69) is 10.6 Å². The molecule has 7 nitrogen and oxygen atoms in total. The molecule has 0 fully saturated rings. The number of benzene rings is 1. The van der Waals surface area contributed by atoms with Crippen molar-refractivity contribution >= 4 is 17.9 Å². The summed E-state index contributed by atoms with van der Waals surface area (Å²) in [6, 6.07) is 5.54. The lowest BCUT2D eigenvalue weighted by atomic mass is 10.1. The maximum Gasteiger partial charge on any atom is 0.326 e. The molecule has 0 bridgehead atoms. The van der Waals surface area contributed by atoms with E-state index in [0.29, 0.717) is 5.56 Å². The van der Waals surface area contributed by atoms with Crippen LogP contribution in [0.5, 0.6) is 0 Å². The number of amides is 3. The van der Waals surface area contributed by atoms with Crippen LogP contribution in [0.2, 0.25) is 0 Å². The van der Waals surface area contributed by atoms with Crippen LogP contribution in [0.1, 0.15) is 24.9 Å². The Bertz CT molecular complexity index is 490. The lowest BCUT2D eigenvalue weighted by molar-refractivity contribution is -0.142. The zero-order chi connectivity index (χ0) is 15.1. The van der Waals surface area contributed by atoms with Crippen LogP contribution in [-0.2, 0) is 9.59 Å². The molecule has 0 aromatic heterocycles. The minimum Gasteiger partial charge on any atom is -0.480 e. The standard InChI is InChI=1S/C13H17N3O4/c1-2-9(12(18)19)15-11(17)10(16-13(14)20)8-6-4-3-5-7-8/h3-7,9-10H,2H2,1H3,(H,15,17)(H,18,19)(H3,14,16,20). The zero-order valence-electron chi connectivity index (χ0n) is 11.0. The summed E-state index contributed by atoms with van der Waals surface area (Å²) in [6.07, 6.45) is 0.235. The number of carbonyl (C=O) groups is 3. The first-order chi connectivity index (χ1) is 9.45. The average molecular weight is 279 g/mol. The van der Waals surface area contributed by atoms with Crippen LogP contribution in [0, 0.1) is 0 Å².